The van der Waals surface area contributed by atoms with Crippen LogP contribution in [-0.4, -0.2) is 38.1 Å². The summed E-state index contributed by atoms with van der Waals surface area (Å²) < 4.78 is 24.2. The molecule has 0 rings (SSSR count). The van der Waals surface area contributed by atoms with E-state index in [9.17, 15) is 8.42 Å². The van der Waals surface area contributed by atoms with Crippen LogP contribution in [-0.2, 0) is 10.0 Å². The lowest BCUT2D eigenvalue weighted by atomic mass is 10.4. The van der Waals surface area contributed by atoms with E-state index in [4.69, 9.17) is 5.73 Å². The van der Waals surface area contributed by atoms with Crippen molar-refractivity contribution in [1.82, 2.24) is 4.31 Å². The standard InChI is InChI=1S/C7H18N2O2S/c1-7(2)12(10,11)9(3)6-4-5-8/h7H,4-6,8H2,1-3H3. The maximum atomic E-state index is 11.4. The largest absolute Gasteiger partial charge is 0.330 e. The molecule has 0 aliphatic carbocycles. The van der Waals surface area contributed by atoms with Crippen LogP contribution in [0.5, 0.6) is 0 Å². The average Bonchev–Trinajstić information content (AvgIpc) is 1.99. The Labute approximate surface area is 74.8 Å². The van der Waals surface area contributed by atoms with Crippen molar-refractivity contribution in [3.8, 4) is 0 Å². The summed E-state index contributed by atoms with van der Waals surface area (Å²) in [5.74, 6) is 0. The van der Waals surface area contributed by atoms with E-state index < -0.39 is 10.0 Å². The Bertz CT molecular complexity index is 211. The molecule has 0 bridgehead atoms. The minimum atomic E-state index is -3.07. The maximum Gasteiger partial charge on any atom is 0.216 e. The zero-order valence-electron chi connectivity index (χ0n) is 7.95. The predicted molar refractivity (Wildman–Crippen MR) is 50.4 cm³/mol. The second-order valence-corrected chi connectivity index (χ2v) is 5.65. The van der Waals surface area contributed by atoms with Crippen LogP contribution in [0.15, 0.2) is 0 Å². The quantitative estimate of drug-likeness (QED) is 0.670. The third-order valence-corrected chi connectivity index (χ3v) is 3.95. The summed E-state index contributed by atoms with van der Waals surface area (Å²) in [6.07, 6.45) is 0.711. The molecule has 0 radical (unpaired) electrons. The minimum Gasteiger partial charge on any atom is -0.330 e. The van der Waals surface area contributed by atoms with E-state index in [2.05, 4.69) is 0 Å². The monoisotopic (exact) mass is 194 g/mol. The average molecular weight is 194 g/mol. The molecule has 0 atom stereocenters. The number of rotatable bonds is 5. The van der Waals surface area contributed by atoms with Gasteiger partial charge in [0.15, 0.2) is 0 Å². The first-order valence-corrected chi connectivity index (χ1v) is 5.58. The molecule has 0 aliphatic rings. The summed E-state index contributed by atoms with van der Waals surface area (Å²) in [5, 5.41) is -0.347. The van der Waals surface area contributed by atoms with Gasteiger partial charge in [-0.2, -0.15) is 0 Å². The van der Waals surface area contributed by atoms with Gasteiger partial charge in [-0.15, -0.1) is 0 Å². The van der Waals surface area contributed by atoms with Gasteiger partial charge in [0, 0.05) is 13.6 Å². The predicted octanol–water partition coefficient (Wildman–Crippen LogP) is 0.00520. The molecular formula is C7H18N2O2S. The minimum absolute atomic E-state index is 0.347. The Morgan fingerprint density at radius 1 is 1.42 bits per heavy atom. The lowest BCUT2D eigenvalue weighted by Crippen LogP contribution is -2.34. The van der Waals surface area contributed by atoms with Crippen molar-refractivity contribution >= 4 is 10.0 Å². The van der Waals surface area contributed by atoms with Gasteiger partial charge in [-0.3, -0.25) is 0 Å². The molecule has 0 heterocycles. The van der Waals surface area contributed by atoms with Crippen molar-refractivity contribution in [2.24, 2.45) is 5.73 Å². The van der Waals surface area contributed by atoms with E-state index in [1.807, 2.05) is 0 Å². The van der Waals surface area contributed by atoms with Crippen molar-refractivity contribution in [3.63, 3.8) is 0 Å². The Hall–Kier alpha value is -0.130. The van der Waals surface area contributed by atoms with E-state index in [1.165, 1.54) is 4.31 Å². The zero-order valence-corrected chi connectivity index (χ0v) is 8.76. The van der Waals surface area contributed by atoms with Crippen LogP contribution < -0.4 is 5.73 Å². The molecule has 12 heavy (non-hydrogen) atoms. The molecule has 0 saturated heterocycles. The number of nitrogens with zero attached hydrogens (tertiary/aromatic N) is 1. The highest BCUT2D eigenvalue weighted by Gasteiger charge is 2.20. The van der Waals surface area contributed by atoms with Crippen LogP contribution in [0.1, 0.15) is 20.3 Å². The first-order chi connectivity index (χ1) is 5.42. The number of hydrogen-bond acceptors (Lipinski definition) is 3. The maximum absolute atomic E-state index is 11.4. The molecular weight excluding hydrogens is 176 g/mol. The molecule has 4 nitrogen and oxygen atoms in total. The van der Waals surface area contributed by atoms with Crippen LogP contribution in [0.3, 0.4) is 0 Å². The molecule has 0 aromatic carbocycles. The highest BCUT2D eigenvalue weighted by atomic mass is 32.2. The normalized spacial score (nSPS) is 12.8. The zero-order chi connectivity index (χ0) is 9.78. The van der Waals surface area contributed by atoms with E-state index >= 15 is 0 Å². The second kappa shape index (κ2) is 4.79. The molecule has 74 valence electrons. The molecule has 0 unspecified atom stereocenters. The third-order valence-electron chi connectivity index (χ3n) is 1.71. The number of nitrogens with two attached hydrogens (primary N) is 1. The van der Waals surface area contributed by atoms with Crippen molar-refractivity contribution in [1.29, 1.82) is 0 Å². The molecule has 0 aliphatic heterocycles. The van der Waals surface area contributed by atoms with Crippen molar-refractivity contribution in [2.45, 2.75) is 25.5 Å². The van der Waals surface area contributed by atoms with E-state index in [-0.39, 0.29) is 5.25 Å². The summed E-state index contributed by atoms with van der Waals surface area (Å²) >= 11 is 0. The van der Waals surface area contributed by atoms with Crippen LogP contribution in [0, 0.1) is 0 Å². The Kier molecular flexibility index (Phi) is 4.74. The number of sulfonamides is 1. The van der Waals surface area contributed by atoms with Gasteiger partial charge in [-0.1, -0.05) is 0 Å². The lowest BCUT2D eigenvalue weighted by Gasteiger charge is -2.18. The molecule has 0 aromatic rings. The fraction of sp³-hybridized carbons (Fsp3) is 1.00. The van der Waals surface area contributed by atoms with Gasteiger partial charge in [0.1, 0.15) is 0 Å². The fourth-order valence-corrected chi connectivity index (χ4v) is 1.90. The van der Waals surface area contributed by atoms with Gasteiger partial charge in [0.05, 0.1) is 5.25 Å². The Balaban J connectivity index is 4.17. The van der Waals surface area contributed by atoms with Gasteiger partial charge in [0.2, 0.25) is 10.0 Å². The van der Waals surface area contributed by atoms with E-state index in [0.717, 1.165) is 0 Å². The molecule has 0 saturated carbocycles. The smallest absolute Gasteiger partial charge is 0.216 e. The summed E-state index contributed by atoms with van der Waals surface area (Å²) in [5.41, 5.74) is 5.27. The van der Waals surface area contributed by atoms with Crippen molar-refractivity contribution in [2.75, 3.05) is 20.1 Å². The summed E-state index contributed by atoms with van der Waals surface area (Å²) in [6.45, 7) is 4.39. The molecule has 0 aromatic heterocycles. The molecule has 0 spiro atoms. The lowest BCUT2D eigenvalue weighted by molar-refractivity contribution is 0.457. The SMILES string of the molecule is CC(C)S(=O)(=O)N(C)CCCN. The third kappa shape index (κ3) is 3.08. The first kappa shape index (κ1) is 11.9. The van der Waals surface area contributed by atoms with E-state index in [1.54, 1.807) is 20.9 Å². The van der Waals surface area contributed by atoms with Crippen molar-refractivity contribution in [3.05, 3.63) is 0 Å². The highest BCUT2D eigenvalue weighted by Crippen LogP contribution is 2.05. The van der Waals surface area contributed by atoms with Crippen molar-refractivity contribution < 1.29 is 8.42 Å². The molecule has 0 amide bonds. The van der Waals surface area contributed by atoms with Crippen LogP contribution in [0.25, 0.3) is 0 Å². The molecule has 0 fully saturated rings. The summed E-state index contributed by atoms with van der Waals surface area (Å²) in [6, 6.07) is 0. The Morgan fingerprint density at radius 2 is 1.92 bits per heavy atom. The molecule has 2 N–H and O–H groups in total. The van der Waals surface area contributed by atoms with Gasteiger partial charge in [-0.25, -0.2) is 12.7 Å². The van der Waals surface area contributed by atoms with Gasteiger partial charge in [-0.05, 0) is 26.8 Å². The topological polar surface area (TPSA) is 63.4 Å². The van der Waals surface area contributed by atoms with Crippen LogP contribution >= 0.6 is 0 Å². The first-order valence-electron chi connectivity index (χ1n) is 4.08. The highest BCUT2D eigenvalue weighted by molar-refractivity contribution is 7.89. The summed E-state index contributed by atoms with van der Waals surface area (Å²) in [4.78, 5) is 0. The summed E-state index contributed by atoms with van der Waals surface area (Å²) in [7, 11) is -1.48. The second-order valence-electron chi connectivity index (χ2n) is 3.06. The molecule has 5 heteroatoms. The van der Waals surface area contributed by atoms with Gasteiger partial charge >= 0.3 is 0 Å². The number of hydrogen-bond donors (Lipinski definition) is 1. The van der Waals surface area contributed by atoms with Crippen LogP contribution in [0.2, 0.25) is 0 Å². The van der Waals surface area contributed by atoms with Gasteiger partial charge < -0.3 is 5.73 Å². The van der Waals surface area contributed by atoms with Crippen LogP contribution in [0.4, 0.5) is 0 Å². The Morgan fingerprint density at radius 3 is 2.25 bits per heavy atom. The fourth-order valence-electron chi connectivity index (χ4n) is 0.801. The van der Waals surface area contributed by atoms with E-state index in [0.29, 0.717) is 19.5 Å². The van der Waals surface area contributed by atoms with Gasteiger partial charge in [0.25, 0.3) is 0 Å².